The molecule has 0 saturated heterocycles. The Morgan fingerprint density at radius 3 is 2.33 bits per heavy atom. The van der Waals surface area contributed by atoms with Crippen molar-refractivity contribution in [1.29, 1.82) is 0 Å². The highest BCUT2D eigenvalue weighted by atomic mass is 32.2. The maximum Gasteiger partial charge on any atom is 0.342 e. The quantitative estimate of drug-likeness (QED) is 0.897. The number of nitrogens with two attached hydrogens (primary N) is 1. The highest BCUT2D eigenvalue weighted by Gasteiger charge is 2.20. The second-order valence-electron chi connectivity index (χ2n) is 4.01. The van der Waals surface area contributed by atoms with Gasteiger partial charge in [-0.2, -0.15) is 0 Å². The number of carboxylic acid groups (broad SMARTS) is 1. The van der Waals surface area contributed by atoms with Crippen LogP contribution < -0.4 is 9.88 Å². The molecule has 0 radical (unpaired) electrons. The summed E-state index contributed by atoms with van der Waals surface area (Å²) in [6.45, 7) is 0. The van der Waals surface area contributed by atoms with Crippen LogP contribution in [0.2, 0.25) is 0 Å². The Balaban J connectivity index is 2.55. The minimum Gasteiger partial charge on any atom is -0.477 e. The van der Waals surface area contributed by atoms with Gasteiger partial charge in [0.2, 0.25) is 10.0 Å². The first-order chi connectivity index (χ1) is 9.80. The van der Waals surface area contributed by atoms with Crippen molar-refractivity contribution in [3.8, 4) is 11.5 Å². The third-order valence-corrected chi connectivity index (χ3v) is 3.52. The molecule has 0 saturated carbocycles. The third kappa shape index (κ3) is 3.18. The number of aromatic carboxylic acids is 1. The predicted molar refractivity (Wildman–Crippen MR) is 71.2 cm³/mol. The molecule has 0 spiro atoms. The lowest BCUT2D eigenvalue weighted by Crippen LogP contribution is -2.13. The van der Waals surface area contributed by atoms with E-state index in [9.17, 15) is 17.6 Å². The van der Waals surface area contributed by atoms with Gasteiger partial charge in [-0.25, -0.2) is 22.7 Å². The molecule has 21 heavy (non-hydrogen) atoms. The summed E-state index contributed by atoms with van der Waals surface area (Å²) in [6, 6.07) is 8.81. The first kappa shape index (κ1) is 14.9. The molecule has 0 unspecified atom stereocenters. The maximum atomic E-state index is 13.5. The number of ether oxygens (including phenoxy) is 1. The van der Waals surface area contributed by atoms with Crippen molar-refractivity contribution >= 4 is 16.0 Å². The zero-order valence-electron chi connectivity index (χ0n) is 10.5. The summed E-state index contributed by atoms with van der Waals surface area (Å²) < 4.78 is 41.6. The lowest BCUT2D eigenvalue weighted by atomic mass is 10.2. The molecule has 0 atom stereocenters. The number of carbonyl (C=O) groups is 1. The Kier molecular flexibility index (Phi) is 3.92. The van der Waals surface area contributed by atoms with E-state index in [1.807, 2.05) is 0 Å². The minimum atomic E-state index is -4.06. The Bertz CT molecular complexity index is 804. The van der Waals surface area contributed by atoms with Crippen LogP contribution in [0.25, 0.3) is 0 Å². The van der Waals surface area contributed by atoms with Crippen molar-refractivity contribution < 1.29 is 27.4 Å². The topological polar surface area (TPSA) is 107 Å². The number of halogens is 1. The molecule has 3 N–H and O–H groups in total. The molecule has 0 bridgehead atoms. The average Bonchev–Trinajstić information content (AvgIpc) is 2.37. The molecule has 2 rings (SSSR count). The molecular weight excluding hydrogens is 301 g/mol. The predicted octanol–water partition coefficient (Wildman–Crippen LogP) is 1.96. The van der Waals surface area contributed by atoms with Gasteiger partial charge < -0.3 is 9.84 Å². The summed E-state index contributed by atoms with van der Waals surface area (Å²) in [5, 5.41) is 14.0. The maximum absolute atomic E-state index is 13.5. The average molecular weight is 311 g/mol. The molecule has 0 aromatic heterocycles. The second kappa shape index (κ2) is 5.51. The Morgan fingerprint density at radius 2 is 1.71 bits per heavy atom. The van der Waals surface area contributed by atoms with Gasteiger partial charge in [-0.05, 0) is 24.3 Å². The van der Waals surface area contributed by atoms with Crippen molar-refractivity contribution in [3.63, 3.8) is 0 Å². The molecule has 0 aliphatic rings. The minimum absolute atomic E-state index is 0.187. The second-order valence-corrected chi connectivity index (χ2v) is 5.54. The SMILES string of the molecule is NS(=O)(=O)c1ccccc1Oc1cccc(F)c1C(=O)O. The van der Waals surface area contributed by atoms with Gasteiger partial charge in [0.25, 0.3) is 0 Å². The molecule has 0 aliphatic heterocycles. The molecule has 2 aromatic rings. The smallest absolute Gasteiger partial charge is 0.342 e. The van der Waals surface area contributed by atoms with Crippen LogP contribution in [0.4, 0.5) is 4.39 Å². The lowest BCUT2D eigenvalue weighted by molar-refractivity contribution is 0.0689. The van der Waals surface area contributed by atoms with Gasteiger partial charge in [0.05, 0.1) is 0 Å². The number of sulfonamides is 1. The number of benzene rings is 2. The molecule has 8 heteroatoms. The van der Waals surface area contributed by atoms with Crippen LogP contribution in [0, 0.1) is 5.82 Å². The summed E-state index contributed by atoms with van der Waals surface area (Å²) in [5.74, 6) is -3.03. The standard InChI is InChI=1S/C13H10FNO5S/c14-8-4-3-6-10(12(8)13(16)17)20-9-5-1-2-7-11(9)21(15,18)19/h1-7H,(H,16,17)(H2,15,18,19). The lowest BCUT2D eigenvalue weighted by Gasteiger charge is -2.11. The molecule has 110 valence electrons. The molecule has 2 aromatic carbocycles. The number of rotatable bonds is 4. The molecule has 0 amide bonds. The highest BCUT2D eigenvalue weighted by molar-refractivity contribution is 7.89. The number of hydrogen-bond donors (Lipinski definition) is 2. The Morgan fingerprint density at radius 1 is 1.10 bits per heavy atom. The summed E-state index contributed by atoms with van der Waals surface area (Å²) in [5.41, 5.74) is -0.693. The molecular formula is C13H10FNO5S. The van der Waals surface area contributed by atoms with E-state index >= 15 is 0 Å². The van der Waals surface area contributed by atoms with Crippen LogP contribution in [0.15, 0.2) is 47.4 Å². The van der Waals surface area contributed by atoms with Gasteiger partial charge in [0.1, 0.15) is 27.8 Å². The van der Waals surface area contributed by atoms with Crippen molar-refractivity contribution in [2.24, 2.45) is 5.14 Å². The number of para-hydroxylation sites is 1. The van der Waals surface area contributed by atoms with Crippen molar-refractivity contribution in [2.75, 3.05) is 0 Å². The third-order valence-electron chi connectivity index (χ3n) is 2.56. The number of hydrogen-bond acceptors (Lipinski definition) is 4. The zero-order valence-corrected chi connectivity index (χ0v) is 11.3. The fourth-order valence-corrected chi connectivity index (χ4v) is 2.34. The van der Waals surface area contributed by atoms with E-state index in [2.05, 4.69) is 0 Å². The van der Waals surface area contributed by atoms with E-state index < -0.39 is 27.4 Å². The number of carboxylic acids is 1. The number of primary sulfonamides is 1. The molecule has 6 nitrogen and oxygen atoms in total. The molecule has 0 fully saturated rings. The van der Waals surface area contributed by atoms with Crippen LogP contribution in [0.5, 0.6) is 11.5 Å². The zero-order chi connectivity index (χ0) is 15.6. The van der Waals surface area contributed by atoms with E-state index in [1.165, 1.54) is 36.4 Å². The normalized spacial score (nSPS) is 11.1. The van der Waals surface area contributed by atoms with Crippen molar-refractivity contribution in [3.05, 3.63) is 53.8 Å². The van der Waals surface area contributed by atoms with Gasteiger partial charge in [0, 0.05) is 0 Å². The fraction of sp³-hybridized carbons (Fsp3) is 0. The van der Waals surface area contributed by atoms with Crippen molar-refractivity contribution in [1.82, 2.24) is 0 Å². The van der Waals surface area contributed by atoms with E-state index in [0.717, 1.165) is 6.07 Å². The van der Waals surface area contributed by atoms with E-state index in [0.29, 0.717) is 0 Å². The summed E-state index contributed by atoms with van der Waals surface area (Å²) in [6.07, 6.45) is 0. The van der Waals surface area contributed by atoms with Gasteiger partial charge in [-0.15, -0.1) is 0 Å². The summed E-state index contributed by atoms with van der Waals surface area (Å²) in [7, 11) is -4.06. The Labute approximate surface area is 119 Å². The Hall–Kier alpha value is -2.45. The van der Waals surface area contributed by atoms with Crippen LogP contribution in [0.1, 0.15) is 10.4 Å². The monoisotopic (exact) mass is 311 g/mol. The van der Waals surface area contributed by atoms with Gasteiger partial charge >= 0.3 is 5.97 Å². The van der Waals surface area contributed by atoms with Crippen LogP contribution in [-0.4, -0.2) is 19.5 Å². The van der Waals surface area contributed by atoms with Gasteiger partial charge in [-0.1, -0.05) is 18.2 Å². The van der Waals surface area contributed by atoms with E-state index in [1.54, 1.807) is 0 Å². The fourth-order valence-electron chi connectivity index (χ4n) is 1.68. The van der Waals surface area contributed by atoms with Crippen molar-refractivity contribution in [2.45, 2.75) is 4.90 Å². The molecule has 0 aliphatic carbocycles. The summed E-state index contributed by atoms with van der Waals surface area (Å²) in [4.78, 5) is 10.7. The molecule has 0 heterocycles. The van der Waals surface area contributed by atoms with E-state index in [-0.39, 0.29) is 16.4 Å². The largest absolute Gasteiger partial charge is 0.477 e. The van der Waals surface area contributed by atoms with E-state index in [4.69, 9.17) is 15.0 Å². The van der Waals surface area contributed by atoms with Crippen LogP contribution in [0.3, 0.4) is 0 Å². The first-order valence-corrected chi connectivity index (χ1v) is 7.17. The van der Waals surface area contributed by atoms with Crippen LogP contribution >= 0.6 is 0 Å². The van der Waals surface area contributed by atoms with Crippen LogP contribution in [-0.2, 0) is 10.0 Å². The first-order valence-electron chi connectivity index (χ1n) is 5.62. The summed E-state index contributed by atoms with van der Waals surface area (Å²) >= 11 is 0. The van der Waals surface area contributed by atoms with Gasteiger partial charge in [-0.3, -0.25) is 0 Å². The highest BCUT2D eigenvalue weighted by Crippen LogP contribution is 2.31. The van der Waals surface area contributed by atoms with Gasteiger partial charge in [0.15, 0.2) is 0 Å².